The van der Waals surface area contributed by atoms with E-state index in [0.29, 0.717) is 18.9 Å². The molecule has 0 aromatic heterocycles. The molecule has 2 unspecified atom stereocenters. The Morgan fingerprint density at radius 1 is 1.13 bits per heavy atom. The predicted molar refractivity (Wildman–Crippen MR) is 87.7 cm³/mol. The Bertz CT molecular complexity index is 660. The quantitative estimate of drug-likeness (QED) is 0.912. The first-order valence-electron chi connectivity index (χ1n) is 7.70. The lowest BCUT2D eigenvalue weighted by Crippen LogP contribution is -2.45. The second-order valence-electron chi connectivity index (χ2n) is 5.48. The van der Waals surface area contributed by atoms with Crippen molar-refractivity contribution in [1.82, 2.24) is 10.6 Å². The van der Waals surface area contributed by atoms with E-state index in [1.165, 1.54) is 0 Å². The Labute approximate surface area is 135 Å². The minimum Gasteiger partial charge on any atom is -0.486 e. The number of rotatable bonds is 4. The first-order valence-corrected chi connectivity index (χ1v) is 7.70. The molecule has 2 N–H and O–H groups in total. The Morgan fingerprint density at radius 2 is 1.83 bits per heavy atom. The average molecular weight is 312 g/mol. The maximum atomic E-state index is 12.0. The lowest BCUT2D eigenvalue weighted by molar-refractivity contribution is 0.0917. The van der Waals surface area contributed by atoms with Crippen molar-refractivity contribution in [2.75, 3.05) is 13.2 Å². The molecule has 2 aromatic carbocycles. The molecule has 0 radical (unpaired) electrons. The molecule has 2 atom stereocenters. The Hall–Kier alpha value is -2.69. The number of amides is 2. The van der Waals surface area contributed by atoms with Crippen LogP contribution in [0, 0.1) is 0 Å². The summed E-state index contributed by atoms with van der Waals surface area (Å²) in [6.45, 7) is 2.76. The standard InChI is InChI=1S/C18H20N2O3/c1-13(14-7-3-2-4-8-14)20-18(21)19-11-15-12-22-16-9-5-6-10-17(16)23-15/h2-10,13,15H,11-12H2,1H3,(H2,19,20,21). The Kier molecular flexibility index (Phi) is 4.66. The molecular weight excluding hydrogens is 292 g/mol. The van der Waals surface area contributed by atoms with E-state index in [9.17, 15) is 4.79 Å². The summed E-state index contributed by atoms with van der Waals surface area (Å²) in [5, 5.41) is 5.74. The molecule has 0 fully saturated rings. The van der Waals surface area contributed by atoms with Crippen LogP contribution in [0.5, 0.6) is 11.5 Å². The molecular formula is C18H20N2O3. The van der Waals surface area contributed by atoms with E-state index >= 15 is 0 Å². The van der Waals surface area contributed by atoms with Gasteiger partial charge in [0.1, 0.15) is 6.61 Å². The third-order valence-corrected chi connectivity index (χ3v) is 3.70. The summed E-state index contributed by atoms with van der Waals surface area (Å²) in [5.41, 5.74) is 1.06. The lowest BCUT2D eigenvalue weighted by Gasteiger charge is -2.26. The van der Waals surface area contributed by atoms with Gasteiger partial charge >= 0.3 is 6.03 Å². The lowest BCUT2D eigenvalue weighted by atomic mass is 10.1. The maximum Gasteiger partial charge on any atom is 0.315 e. The van der Waals surface area contributed by atoms with Crippen molar-refractivity contribution >= 4 is 6.03 Å². The molecule has 2 aromatic rings. The van der Waals surface area contributed by atoms with Crippen LogP contribution in [0.3, 0.4) is 0 Å². The van der Waals surface area contributed by atoms with Gasteiger partial charge in [0.15, 0.2) is 17.6 Å². The van der Waals surface area contributed by atoms with Gasteiger partial charge in [-0.25, -0.2) is 4.79 Å². The number of carbonyl (C=O) groups is 1. The summed E-state index contributed by atoms with van der Waals surface area (Å²) in [6, 6.07) is 17.1. The van der Waals surface area contributed by atoms with Crippen LogP contribution in [0.25, 0.3) is 0 Å². The van der Waals surface area contributed by atoms with Gasteiger partial charge in [-0.15, -0.1) is 0 Å². The topological polar surface area (TPSA) is 59.6 Å². The van der Waals surface area contributed by atoms with Crippen LogP contribution in [0.2, 0.25) is 0 Å². The number of para-hydroxylation sites is 2. The van der Waals surface area contributed by atoms with Gasteiger partial charge in [0.05, 0.1) is 12.6 Å². The number of carbonyl (C=O) groups excluding carboxylic acids is 1. The van der Waals surface area contributed by atoms with Gasteiger partial charge in [0.2, 0.25) is 0 Å². The fourth-order valence-electron chi connectivity index (χ4n) is 2.44. The van der Waals surface area contributed by atoms with Crippen LogP contribution in [-0.4, -0.2) is 25.3 Å². The van der Waals surface area contributed by atoms with Crippen LogP contribution in [0.4, 0.5) is 4.79 Å². The van der Waals surface area contributed by atoms with E-state index in [4.69, 9.17) is 9.47 Å². The van der Waals surface area contributed by atoms with E-state index in [1.54, 1.807) is 0 Å². The molecule has 3 rings (SSSR count). The number of urea groups is 1. The highest BCUT2D eigenvalue weighted by molar-refractivity contribution is 5.74. The molecule has 1 aliphatic heterocycles. The number of hydrogen-bond acceptors (Lipinski definition) is 3. The Morgan fingerprint density at radius 3 is 2.61 bits per heavy atom. The van der Waals surface area contributed by atoms with Gasteiger partial charge in [-0.05, 0) is 24.6 Å². The Balaban J connectivity index is 1.47. The van der Waals surface area contributed by atoms with Crippen molar-refractivity contribution in [2.24, 2.45) is 0 Å². The molecule has 0 bridgehead atoms. The second-order valence-corrected chi connectivity index (χ2v) is 5.48. The molecule has 5 nitrogen and oxygen atoms in total. The van der Waals surface area contributed by atoms with E-state index in [2.05, 4.69) is 10.6 Å². The van der Waals surface area contributed by atoms with Gasteiger partial charge in [0, 0.05) is 0 Å². The zero-order valence-corrected chi connectivity index (χ0v) is 13.0. The van der Waals surface area contributed by atoms with Crippen LogP contribution in [0.15, 0.2) is 54.6 Å². The highest BCUT2D eigenvalue weighted by Gasteiger charge is 2.21. The van der Waals surface area contributed by atoms with Gasteiger partial charge < -0.3 is 20.1 Å². The smallest absolute Gasteiger partial charge is 0.315 e. The van der Waals surface area contributed by atoms with Crippen LogP contribution < -0.4 is 20.1 Å². The summed E-state index contributed by atoms with van der Waals surface area (Å²) in [5.74, 6) is 1.45. The van der Waals surface area contributed by atoms with Crippen molar-refractivity contribution < 1.29 is 14.3 Å². The first kappa shape index (κ1) is 15.2. The minimum absolute atomic E-state index is 0.0551. The van der Waals surface area contributed by atoms with Crippen LogP contribution in [-0.2, 0) is 0 Å². The largest absolute Gasteiger partial charge is 0.486 e. The average Bonchev–Trinajstić information content (AvgIpc) is 2.60. The minimum atomic E-state index is -0.219. The molecule has 120 valence electrons. The molecule has 23 heavy (non-hydrogen) atoms. The molecule has 2 amide bonds. The first-order chi connectivity index (χ1) is 11.2. The van der Waals surface area contributed by atoms with Gasteiger partial charge in [-0.2, -0.15) is 0 Å². The monoisotopic (exact) mass is 312 g/mol. The van der Waals surface area contributed by atoms with Crippen molar-refractivity contribution in [3.8, 4) is 11.5 Å². The second kappa shape index (κ2) is 7.05. The number of benzene rings is 2. The van der Waals surface area contributed by atoms with E-state index in [0.717, 1.165) is 11.3 Å². The van der Waals surface area contributed by atoms with E-state index in [1.807, 2.05) is 61.5 Å². The third kappa shape index (κ3) is 3.94. The summed E-state index contributed by atoms with van der Waals surface area (Å²) in [4.78, 5) is 12.0. The maximum absolute atomic E-state index is 12.0. The predicted octanol–water partition coefficient (Wildman–Crippen LogP) is 2.89. The number of nitrogens with one attached hydrogen (secondary N) is 2. The molecule has 5 heteroatoms. The molecule has 0 saturated carbocycles. The molecule has 1 aliphatic rings. The number of hydrogen-bond donors (Lipinski definition) is 2. The zero-order chi connectivity index (χ0) is 16.1. The van der Waals surface area contributed by atoms with Gasteiger partial charge in [0.25, 0.3) is 0 Å². The zero-order valence-electron chi connectivity index (χ0n) is 13.0. The van der Waals surface area contributed by atoms with Crippen molar-refractivity contribution in [3.63, 3.8) is 0 Å². The third-order valence-electron chi connectivity index (χ3n) is 3.70. The molecule has 0 aliphatic carbocycles. The van der Waals surface area contributed by atoms with E-state index in [-0.39, 0.29) is 18.2 Å². The molecule has 1 heterocycles. The van der Waals surface area contributed by atoms with Crippen molar-refractivity contribution in [1.29, 1.82) is 0 Å². The molecule has 0 saturated heterocycles. The van der Waals surface area contributed by atoms with Crippen LogP contribution in [0.1, 0.15) is 18.5 Å². The summed E-state index contributed by atoms with van der Waals surface area (Å²) in [6.07, 6.45) is -0.192. The van der Waals surface area contributed by atoms with Crippen molar-refractivity contribution in [3.05, 3.63) is 60.2 Å². The van der Waals surface area contributed by atoms with Gasteiger partial charge in [-0.3, -0.25) is 0 Å². The van der Waals surface area contributed by atoms with Crippen molar-refractivity contribution in [2.45, 2.75) is 19.1 Å². The summed E-state index contributed by atoms with van der Waals surface area (Å²) < 4.78 is 11.4. The number of fused-ring (bicyclic) bond motifs is 1. The van der Waals surface area contributed by atoms with Gasteiger partial charge in [-0.1, -0.05) is 42.5 Å². The fourth-order valence-corrected chi connectivity index (χ4v) is 2.44. The van der Waals surface area contributed by atoms with E-state index < -0.39 is 0 Å². The summed E-state index contributed by atoms with van der Waals surface area (Å²) >= 11 is 0. The number of ether oxygens (including phenoxy) is 2. The normalized spacial score (nSPS) is 17.2. The highest BCUT2D eigenvalue weighted by Crippen LogP contribution is 2.30. The molecule has 0 spiro atoms. The fraction of sp³-hybridized carbons (Fsp3) is 0.278. The summed E-state index contributed by atoms with van der Waals surface area (Å²) in [7, 11) is 0. The highest BCUT2D eigenvalue weighted by atomic mass is 16.6. The SMILES string of the molecule is CC(NC(=O)NCC1COc2ccccc2O1)c1ccccc1. The van der Waals surface area contributed by atoms with Crippen LogP contribution >= 0.6 is 0 Å².